The van der Waals surface area contributed by atoms with Crippen LogP contribution in [0.1, 0.15) is 32.8 Å². The summed E-state index contributed by atoms with van der Waals surface area (Å²) in [6.07, 6.45) is 2.91. The van der Waals surface area contributed by atoms with E-state index in [0.717, 1.165) is 31.0 Å². The Kier molecular flexibility index (Phi) is 6.25. The van der Waals surface area contributed by atoms with Gasteiger partial charge in [0.05, 0.1) is 0 Å². The smallest absolute Gasteiger partial charge is 0.217 e. The fraction of sp³-hybridized carbons (Fsp3) is 0.667. The van der Waals surface area contributed by atoms with Crippen LogP contribution in [0.2, 0.25) is 0 Å². The molecule has 0 radical (unpaired) electrons. The van der Waals surface area contributed by atoms with Crippen LogP contribution in [0.15, 0.2) is 18.3 Å². The largest absolute Gasteiger partial charge is 0.475 e. The van der Waals surface area contributed by atoms with E-state index in [1.165, 1.54) is 0 Å². The van der Waals surface area contributed by atoms with Gasteiger partial charge in [0, 0.05) is 23.8 Å². The molecule has 108 valence electrons. The Bertz CT molecular complexity index is 377. The van der Waals surface area contributed by atoms with Crippen LogP contribution in [0.4, 0.5) is 0 Å². The van der Waals surface area contributed by atoms with E-state index in [1.807, 2.05) is 6.07 Å². The van der Waals surface area contributed by atoms with Crippen LogP contribution in [0.5, 0.6) is 5.88 Å². The molecule has 1 rings (SSSR count). The van der Waals surface area contributed by atoms with Crippen molar-refractivity contribution in [3.8, 4) is 5.88 Å². The van der Waals surface area contributed by atoms with Crippen molar-refractivity contribution in [3.05, 3.63) is 23.9 Å². The van der Waals surface area contributed by atoms with Gasteiger partial charge in [-0.05, 0) is 47.0 Å². The number of pyridine rings is 1. The maximum atomic E-state index is 5.90. The number of nitrogens with one attached hydrogen (secondary N) is 1. The first-order valence-electron chi connectivity index (χ1n) is 6.92. The van der Waals surface area contributed by atoms with Crippen molar-refractivity contribution in [2.75, 3.05) is 27.2 Å². The lowest BCUT2D eigenvalue weighted by Crippen LogP contribution is -2.43. The third-order valence-electron chi connectivity index (χ3n) is 3.36. The molecule has 0 spiro atoms. The van der Waals surface area contributed by atoms with Crippen LogP contribution in [-0.4, -0.2) is 42.7 Å². The molecule has 1 aromatic heterocycles. The molecular weight excluding hydrogens is 238 g/mol. The SMILES string of the molecule is CCCNCc1cccnc1OCC(C)(C)N(C)C. The third-order valence-corrected chi connectivity index (χ3v) is 3.36. The minimum absolute atomic E-state index is 0.00830. The topological polar surface area (TPSA) is 37.4 Å². The number of likely N-dealkylation sites (N-methyl/N-ethyl adjacent to an activating group) is 1. The van der Waals surface area contributed by atoms with Gasteiger partial charge in [0.25, 0.3) is 0 Å². The number of rotatable bonds is 8. The van der Waals surface area contributed by atoms with Gasteiger partial charge in [-0.15, -0.1) is 0 Å². The van der Waals surface area contributed by atoms with E-state index in [0.29, 0.717) is 6.61 Å². The maximum Gasteiger partial charge on any atom is 0.217 e. The zero-order valence-electron chi connectivity index (χ0n) is 12.9. The van der Waals surface area contributed by atoms with Gasteiger partial charge in [0.2, 0.25) is 5.88 Å². The molecule has 0 bridgehead atoms. The summed E-state index contributed by atoms with van der Waals surface area (Å²) in [5, 5.41) is 3.38. The highest BCUT2D eigenvalue weighted by Crippen LogP contribution is 2.17. The Morgan fingerprint density at radius 3 is 2.74 bits per heavy atom. The summed E-state index contributed by atoms with van der Waals surface area (Å²) in [5.41, 5.74) is 1.11. The van der Waals surface area contributed by atoms with Crippen LogP contribution < -0.4 is 10.1 Å². The van der Waals surface area contributed by atoms with E-state index >= 15 is 0 Å². The van der Waals surface area contributed by atoms with Gasteiger partial charge < -0.3 is 15.0 Å². The quantitative estimate of drug-likeness (QED) is 0.732. The second-order valence-corrected chi connectivity index (χ2v) is 5.64. The van der Waals surface area contributed by atoms with Gasteiger partial charge in [-0.2, -0.15) is 0 Å². The molecule has 19 heavy (non-hydrogen) atoms. The lowest BCUT2D eigenvalue weighted by atomic mass is 10.1. The predicted molar refractivity (Wildman–Crippen MR) is 79.5 cm³/mol. The summed E-state index contributed by atoms with van der Waals surface area (Å²) in [6, 6.07) is 4.01. The van der Waals surface area contributed by atoms with Crippen LogP contribution in [-0.2, 0) is 6.54 Å². The molecule has 0 amide bonds. The monoisotopic (exact) mass is 265 g/mol. The molecule has 0 aromatic carbocycles. The zero-order valence-corrected chi connectivity index (χ0v) is 12.9. The normalized spacial score (nSPS) is 11.9. The van der Waals surface area contributed by atoms with Crippen molar-refractivity contribution in [1.82, 2.24) is 15.2 Å². The van der Waals surface area contributed by atoms with Crippen molar-refractivity contribution in [1.29, 1.82) is 0 Å². The molecule has 1 aromatic rings. The average molecular weight is 265 g/mol. The molecule has 4 nitrogen and oxygen atoms in total. The van der Waals surface area contributed by atoms with Gasteiger partial charge in [-0.1, -0.05) is 13.0 Å². The molecule has 0 saturated heterocycles. The summed E-state index contributed by atoms with van der Waals surface area (Å²) in [4.78, 5) is 6.50. The molecule has 0 unspecified atom stereocenters. The second-order valence-electron chi connectivity index (χ2n) is 5.64. The summed E-state index contributed by atoms with van der Waals surface area (Å²) < 4.78 is 5.90. The van der Waals surface area contributed by atoms with E-state index in [1.54, 1.807) is 6.20 Å². The van der Waals surface area contributed by atoms with E-state index in [4.69, 9.17) is 4.74 Å². The molecule has 0 aliphatic rings. The highest BCUT2D eigenvalue weighted by Gasteiger charge is 2.22. The lowest BCUT2D eigenvalue weighted by Gasteiger charge is -2.32. The first-order valence-corrected chi connectivity index (χ1v) is 6.92. The molecular formula is C15H27N3O. The van der Waals surface area contributed by atoms with Crippen LogP contribution in [0.25, 0.3) is 0 Å². The maximum absolute atomic E-state index is 5.90. The van der Waals surface area contributed by atoms with E-state index in [-0.39, 0.29) is 5.54 Å². The van der Waals surface area contributed by atoms with Gasteiger partial charge in [-0.3, -0.25) is 0 Å². The van der Waals surface area contributed by atoms with Gasteiger partial charge in [0.15, 0.2) is 0 Å². The summed E-state index contributed by atoms with van der Waals surface area (Å²) in [6.45, 7) is 8.91. The molecule has 1 N–H and O–H groups in total. The number of nitrogens with zero attached hydrogens (tertiary/aromatic N) is 2. The average Bonchev–Trinajstić information content (AvgIpc) is 2.38. The van der Waals surface area contributed by atoms with Gasteiger partial charge >= 0.3 is 0 Å². The van der Waals surface area contributed by atoms with Crippen molar-refractivity contribution >= 4 is 0 Å². The van der Waals surface area contributed by atoms with Crippen LogP contribution in [0, 0.1) is 0 Å². The second kappa shape index (κ2) is 7.46. The van der Waals surface area contributed by atoms with E-state index < -0.39 is 0 Å². The highest BCUT2D eigenvalue weighted by atomic mass is 16.5. The summed E-state index contributed by atoms with van der Waals surface area (Å²) in [7, 11) is 4.12. The molecule has 0 saturated carbocycles. The highest BCUT2D eigenvalue weighted by molar-refractivity contribution is 5.25. The number of hydrogen-bond acceptors (Lipinski definition) is 4. The Hall–Kier alpha value is -1.13. The molecule has 0 atom stereocenters. The Morgan fingerprint density at radius 2 is 2.11 bits per heavy atom. The Labute approximate surface area is 117 Å². The van der Waals surface area contributed by atoms with Crippen LogP contribution >= 0.6 is 0 Å². The number of aromatic nitrogens is 1. The fourth-order valence-electron chi connectivity index (χ4n) is 1.46. The van der Waals surface area contributed by atoms with Crippen molar-refractivity contribution in [2.45, 2.75) is 39.3 Å². The van der Waals surface area contributed by atoms with Gasteiger partial charge in [-0.25, -0.2) is 4.98 Å². The number of ether oxygens (including phenoxy) is 1. The first kappa shape index (κ1) is 15.9. The Morgan fingerprint density at radius 1 is 1.37 bits per heavy atom. The third kappa shape index (κ3) is 5.17. The fourth-order valence-corrected chi connectivity index (χ4v) is 1.46. The predicted octanol–water partition coefficient (Wildman–Crippen LogP) is 2.30. The molecule has 4 heteroatoms. The number of hydrogen-bond donors (Lipinski definition) is 1. The molecule has 0 aliphatic heterocycles. The van der Waals surface area contributed by atoms with Gasteiger partial charge in [0.1, 0.15) is 6.61 Å². The van der Waals surface area contributed by atoms with E-state index in [2.05, 4.69) is 56.1 Å². The first-order chi connectivity index (χ1) is 8.97. The van der Waals surface area contributed by atoms with Crippen molar-refractivity contribution < 1.29 is 4.74 Å². The van der Waals surface area contributed by atoms with Crippen LogP contribution in [0.3, 0.4) is 0 Å². The summed E-state index contributed by atoms with van der Waals surface area (Å²) in [5.74, 6) is 0.737. The zero-order chi connectivity index (χ0) is 14.3. The summed E-state index contributed by atoms with van der Waals surface area (Å²) >= 11 is 0. The van der Waals surface area contributed by atoms with Crippen molar-refractivity contribution in [2.24, 2.45) is 0 Å². The Balaban J connectivity index is 2.62. The molecule has 0 aliphatic carbocycles. The standard InChI is InChI=1S/C15H27N3O/c1-6-9-16-11-13-8-7-10-17-14(13)19-12-15(2,3)18(4)5/h7-8,10,16H,6,9,11-12H2,1-5H3. The molecule has 1 heterocycles. The minimum atomic E-state index is -0.00830. The minimum Gasteiger partial charge on any atom is -0.475 e. The molecule has 0 fully saturated rings. The van der Waals surface area contributed by atoms with Crippen molar-refractivity contribution in [3.63, 3.8) is 0 Å². The lowest BCUT2D eigenvalue weighted by molar-refractivity contribution is 0.110. The van der Waals surface area contributed by atoms with E-state index in [9.17, 15) is 0 Å².